The minimum atomic E-state index is -0.838. The fraction of sp³-hybridized carbons (Fsp3) is 0.412. The Hall–Kier alpha value is -2.35. The molecule has 0 radical (unpaired) electrons. The Balaban J connectivity index is 3.16. The van der Waals surface area contributed by atoms with Crippen LogP contribution in [0.4, 0.5) is 0 Å². The van der Waals surface area contributed by atoms with E-state index in [1.165, 1.54) is 0 Å². The number of hydrogen-bond donors (Lipinski definition) is 0. The van der Waals surface area contributed by atoms with Gasteiger partial charge in [0.2, 0.25) is 0 Å². The number of hydrogen-bond acceptors (Lipinski definition) is 4. The molecule has 0 unspecified atom stereocenters. The molecule has 0 saturated heterocycles. The molecule has 0 bridgehead atoms. The van der Waals surface area contributed by atoms with Crippen molar-refractivity contribution in [1.82, 2.24) is 0 Å². The molecule has 0 aliphatic heterocycles. The normalized spacial score (nSPS) is 10.3. The summed E-state index contributed by atoms with van der Waals surface area (Å²) in [6.07, 6.45) is 1.72. The molecule has 0 heterocycles. The fourth-order valence-corrected chi connectivity index (χ4v) is 2.63. The smallest absolute Gasteiger partial charge is 0.169 e. The van der Waals surface area contributed by atoms with E-state index in [9.17, 15) is 4.79 Å². The van der Waals surface area contributed by atoms with Crippen LogP contribution in [0.5, 0.6) is 0 Å². The van der Waals surface area contributed by atoms with Crippen LogP contribution in [0.2, 0.25) is 5.02 Å². The van der Waals surface area contributed by atoms with Crippen LogP contribution in [0.25, 0.3) is 0 Å². The van der Waals surface area contributed by atoms with Crippen molar-refractivity contribution in [3.05, 3.63) is 34.9 Å². The number of ketones is 1. The second-order valence-corrected chi connectivity index (χ2v) is 5.53. The van der Waals surface area contributed by atoms with Gasteiger partial charge in [-0.05, 0) is 43.5 Å². The number of Topliss-reactive ketones (excluding diaryl/α,β-unsaturated/α-hetero) is 1. The molecule has 0 spiro atoms. The maximum absolute atomic E-state index is 12.9. The van der Waals surface area contributed by atoms with Gasteiger partial charge in [0.05, 0.1) is 18.2 Å². The van der Waals surface area contributed by atoms with Crippen molar-refractivity contribution in [2.24, 2.45) is 5.41 Å². The molecule has 5 heteroatoms. The number of carbonyl (C=O) groups is 1. The summed E-state index contributed by atoms with van der Waals surface area (Å²) >= 11 is 5.84. The molecule has 0 aromatic heterocycles. The van der Waals surface area contributed by atoms with Gasteiger partial charge >= 0.3 is 0 Å². The maximum atomic E-state index is 12.9. The molecular weight excluding hydrogens is 298 g/mol. The number of nitriles is 3. The van der Waals surface area contributed by atoms with Crippen molar-refractivity contribution < 1.29 is 4.79 Å². The van der Waals surface area contributed by atoms with Crippen LogP contribution in [0.1, 0.15) is 48.9 Å². The molecule has 0 atom stereocenters. The third-order valence-electron chi connectivity index (χ3n) is 3.73. The Morgan fingerprint density at radius 1 is 0.909 bits per heavy atom. The van der Waals surface area contributed by atoms with Crippen LogP contribution in [0, 0.1) is 39.4 Å². The zero-order valence-corrected chi connectivity index (χ0v) is 12.9. The monoisotopic (exact) mass is 313 g/mol. The molecule has 112 valence electrons. The molecule has 0 aliphatic rings. The van der Waals surface area contributed by atoms with Gasteiger partial charge in [-0.2, -0.15) is 15.8 Å². The van der Waals surface area contributed by atoms with Crippen LogP contribution in [-0.2, 0) is 0 Å². The van der Waals surface area contributed by atoms with Crippen molar-refractivity contribution in [2.75, 3.05) is 0 Å². The van der Waals surface area contributed by atoms with Gasteiger partial charge in [-0.15, -0.1) is 0 Å². The number of carbonyl (C=O) groups excluding carboxylic acids is 1. The highest BCUT2D eigenvalue weighted by molar-refractivity contribution is 6.30. The summed E-state index contributed by atoms with van der Waals surface area (Å²) in [5.41, 5.74) is -0.340. The standard InChI is InChI=1S/C17H16ClN3O/c18-15-6-4-14(5-7-15)16(22)17(8-1-11-19,9-2-12-20)10-3-13-21/h4-7H,1-3,8-10H2. The molecule has 0 saturated carbocycles. The molecule has 4 nitrogen and oxygen atoms in total. The van der Waals surface area contributed by atoms with Crippen LogP contribution >= 0.6 is 11.6 Å². The van der Waals surface area contributed by atoms with Gasteiger partial charge in [0, 0.05) is 35.3 Å². The summed E-state index contributed by atoms with van der Waals surface area (Å²) in [4.78, 5) is 12.9. The predicted molar refractivity (Wildman–Crippen MR) is 82.8 cm³/mol. The fourth-order valence-electron chi connectivity index (χ4n) is 2.51. The van der Waals surface area contributed by atoms with Gasteiger partial charge in [0.1, 0.15) is 0 Å². The molecule has 0 aliphatic carbocycles. The number of rotatable bonds is 8. The second-order valence-electron chi connectivity index (χ2n) is 5.09. The lowest BCUT2D eigenvalue weighted by Crippen LogP contribution is -2.31. The summed E-state index contributed by atoms with van der Waals surface area (Å²) < 4.78 is 0. The molecule has 0 fully saturated rings. The van der Waals surface area contributed by atoms with E-state index >= 15 is 0 Å². The number of halogens is 1. The first-order valence-electron chi connectivity index (χ1n) is 7.01. The Labute approximate surface area is 135 Å². The Morgan fingerprint density at radius 2 is 1.32 bits per heavy atom. The van der Waals surface area contributed by atoms with Crippen LogP contribution in [0.3, 0.4) is 0 Å². The predicted octanol–water partition coefficient (Wildman–Crippen LogP) is 4.42. The summed E-state index contributed by atoms with van der Waals surface area (Å²) in [6, 6.07) is 12.7. The lowest BCUT2D eigenvalue weighted by molar-refractivity contribution is 0.0746. The Kier molecular flexibility index (Phi) is 7.11. The number of nitrogens with zero attached hydrogens (tertiary/aromatic N) is 3. The minimum absolute atomic E-state index is 0.120. The molecule has 1 aromatic rings. The average molecular weight is 314 g/mol. The maximum Gasteiger partial charge on any atom is 0.169 e. The lowest BCUT2D eigenvalue weighted by atomic mass is 9.70. The summed E-state index contributed by atoms with van der Waals surface area (Å²) in [5, 5.41) is 27.1. The zero-order chi connectivity index (χ0) is 16.4. The van der Waals surface area contributed by atoms with E-state index < -0.39 is 5.41 Å². The average Bonchev–Trinajstić information content (AvgIpc) is 2.54. The van der Waals surface area contributed by atoms with Crippen molar-refractivity contribution >= 4 is 17.4 Å². The Morgan fingerprint density at radius 3 is 1.68 bits per heavy atom. The highest BCUT2D eigenvalue weighted by atomic mass is 35.5. The van der Waals surface area contributed by atoms with Gasteiger partial charge in [-0.1, -0.05) is 11.6 Å². The molecular formula is C17H16ClN3O. The van der Waals surface area contributed by atoms with E-state index in [0.717, 1.165) is 0 Å². The third-order valence-corrected chi connectivity index (χ3v) is 3.99. The van der Waals surface area contributed by atoms with Crippen LogP contribution in [-0.4, -0.2) is 5.78 Å². The van der Waals surface area contributed by atoms with Crippen molar-refractivity contribution in [3.8, 4) is 18.2 Å². The topological polar surface area (TPSA) is 88.4 Å². The first-order valence-corrected chi connectivity index (χ1v) is 7.38. The first-order chi connectivity index (χ1) is 10.6. The van der Waals surface area contributed by atoms with E-state index in [1.54, 1.807) is 24.3 Å². The van der Waals surface area contributed by atoms with Crippen molar-refractivity contribution in [2.45, 2.75) is 38.5 Å². The van der Waals surface area contributed by atoms with Gasteiger partial charge in [-0.3, -0.25) is 4.79 Å². The minimum Gasteiger partial charge on any atom is -0.294 e. The lowest BCUT2D eigenvalue weighted by Gasteiger charge is -2.30. The van der Waals surface area contributed by atoms with E-state index in [1.807, 2.05) is 0 Å². The highest BCUT2D eigenvalue weighted by Gasteiger charge is 2.37. The SMILES string of the molecule is N#CCCC(CCC#N)(CCC#N)C(=O)c1ccc(Cl)cc1. The van der Waals surface area contributed by atoms with E-state index in [0.29, 0.717) is 29.8 Å². The van der Waals surface area contributed by atoms with Gasteiger partial charge < -0.3 is 0 Å². The third kappa shape index (κ3) is 4.59. The quantitative estimate of drug-likeness (QED) is 0.664. The van der Waals surface area contributed by atoms with Crippen LogP contribution in [0.15, 0.2) is 24.3 Å². The Bertz CT molecular complexity index is 586. The van der Waals surface area contributed by atoms with Gasteiger partial charge in [-0.25, -0.2) is 0 Å². The molecule has 22 heavy (non-hydrogen) atoms. The second kappa shape index (κ2) is 8.83. The van der Waals surface area contributed by atoms with E-state index in [2.05, 4.69) is 18.2 Å². The highest BCUT2D eigenvalue weighted by Crippen LogP contribution is 2.38. The summed E-state index contributed by atoms with van der Waals surface area (Å²) in [5.74, 6) is -0.120. The first kappa shape index (κ1) is 17.7. The summed E-state index contributed by atoms with van der Waals surface area (Å²) in [6.45, 7) is 0. The van der Waals surface area contributed by atoms with E-state index in [4.69, 9.17) is 27.4 Å². The van der Waals surface area contributed by atoms with Gasteiger partial charge in [0.15, 0.2) is 5.78 Å². The molecule has 1 rings (SSSR count). The molecule has 0 N–H and O–H groups in total. The molecule has 1 aromatic carbocycles. The molecule has 0 amide bonds. The summed E-state index contributed by atoms with van der Waals surface area (Å²) in [7, 11) is 0. The van der Waals surface area contributed by atoms with Crippen LogP contribution < -0.4 is 0 Å². The largest absolute Gasteiger partial charge is 0.294 e. The zero-order valence-electron chi connectivity index (χ0n) is 12.2. The van der Waals surface area contributed by atoms with Crippen molar-refractivity contribution in [1.29, 1.82) is 15.8 Å². The number of benzene rings is 1. The van der Waals surface area contributed by atoms with Gasteiger partial charge in [0.25, 0.3) is 0 Å². The van der Waals surface area contributed by atoms with E-state index in [-0.39, 0.29) is 25.0 Å². The van der Waals surface area contributed by atoms with Crippen molar-refractivity contribution in [3.63, 3.8) is 0 Å².